The smallest absolute Gasteiger partial charge is 0.261 e. The standard InChI is InChI=1S/C22H19N3O3S2/c1-14-12-19-20(13-15(14)2)29-22(23-19)24-21(26)17-10-6-7-11-18(17)25-30(27,28)16-8-4-3-5-9-16/h3-13,25H,1-2H3,(H,23,24,26). The number of aryl methyl sites for hydroxylation is 2. The van der Waals surface area contributed by atoms with Crippen LogP contribution in [0.3, 0.4) is 0 Å². The van der Waals surface area contributed by atoms with Crippen LogP contribution in [0.15, 0.2) is 71.6 Å². The van der Waals surface area contributed by atoms with Gasteiger partial charge in [0, 0.05) is 0 Å². The highest BCUT2D eigenvalue weighted by atomic mass is 32.2. The maximum Gasteiger partial charge on any atom is 0.261 e. The number of hydrogen-bond donors (Lipinski definition) is 2. The first-order chi connectivity index (χ1) is 14.3. The van der Waals surface area contributed by atoms with E-state index in [0.29, 0.717) is 5.13 Å². The van der Waals surface area contributed by atoms with Gasteiger partial charge in [-0.05, 0) is 61.4 Å². The second-order valence-electron chi connectivity index (χ2n) is 6.84. The van der Waals surface area contributed by atoms with E-state index in [2.05, 4.69) is 15.0 Å². The highest BCUT2D eigenvalue weighted by Gasteiger charge is 2.19. The lowest BCUT2D eigenvalue weighted by molar-refractivity contribution is 0.102. The fraction of sp³-hybridized carbons (Fsp3) is 0.0909. The Hall–Kier alpha value is -3.23. The molecule has 0 atom stereocenters. The average Bonchev–Trinajstić information content (AvgIpc) is 3.10. The van der Waals surface area contributed by atoms with Gasteiger partial charge in [0.15, 0.2) is 5.13 Å². The Kier molecular flexibility index (Phi) is 5.27. The summed E-state index contributed by atoms with van der Waals surface area (Å²) in [4.78, 5) is 17.5. The Labute approximate surface area is 178 Å². The molecule has 30 heavy (non-hydrogen) atoms. The lowest BCUT2D eigenvalue weighted by atomic mass is 10.1. The van der Waals surface area contributed by atoms with E-state index in [-0.39, 0.29) is 16.1 Å². The zero-order valence-electron chi connectivity index (χ0n) is 16.3. The van der Waals surface area contributed by atoms with Crippen molar-refractivity contribution in [3.8, 4) is 0 Å². The largest absolute Gasteiger partial charge is 0.298 e. The van der Waals surface area contributed by atoms with E-state index in [1.807, 2.05) is 26.0 Å². The Bertz CT molecular complexity index is 1310. The van der Waals surface area contributed by atoms with Crippen LogP contribution in [0.4, 0.5) is 10.8 Å². The van der Waals surface area contributed by atoms with Crippen molar-refractivity contribution in [3.63, 3.8) is 0 Å². The average molecular weight is 438 g/mol. The Morgan fingerprint density at radius 2 is 1.60 bits per heavy atom. The first-order valence-corrected chi connectivity index (χ1v) is 11.5. The highest BCUT2D eigenvalue weighted by molar-refractivity contribution is 7.92. The van der Waals surface area contributed by atoms with Gasteiger partial charge < -0.3 is 0 Å². The van der Waals surface area contributed by atoms with E-state index < -0.39 is 15.9 Å². The van der Waals surface area contributed by atoms with Crippen molar-refractivity contribution in [1.82, 2.24) is 4.98 Å². The Morgan fingerprint density at radius 3 is 2.37 bits per heavy atom. The van der Waals surface area contributed by atoms with Crippen molar-refractivity contribution in [1.29, 1.82) is 0 Å². The quantitative estimate of drug-likeness (QED) is 0.462. The number of benzene rings is 3. The zero-order valence-corrected chi connectivity index (χ0v) is 18.0. The van der Waals surface area contributed by atoms with E-state index in [1.165, 1.54) is 23.5 Å². The molecule has 0 unspecified atom stereocenters. The van der Waals surface area contributed by atoms with Crippen molar-refractivity contribution in [2.24, 2.45) is 0 Å². The highest BCUT2D eigenvalue weighted by Crippen LogP contribution is 2.29. The molecule has 0 aliphatic rings. The molecule has 4 rings (SSSR count). The number of sulfonamides is 1. The minimum absolute atomic E-state index is 0.122. The number of aromatic nitrogens is 1. The number of carbonyl (C=O) groups excluding carboxylic acids is 1. The number of hydrogen-bond acceptors (Lipinski definition) is 5. The molecule has 0 fully saturated rings. The molecule has 6 nitrogen and oxygen atoms in total. The Balaban J connectivity index is 1.61. The van der Waals surface area contributed by atoms with Crippen molar-refractivity contribution < 1.29 is 13.2 Å². The summed E-state index contributed by atoms with van der Waals surface area (Å²) in [5, 5.41) is 3.25. The number of rotatable bonds is 5. The minimum atomic E-state index is -3.82. The molecule has 152 valence electrons. The molecule has 4 aromatic rings. The first kappa shape index (κ1) is 20.1. The van der Waals surface area contributed by atoms with Crippen LogP contribution < -0.4 is 10.0 Å². The van der Waals surface area contributed by atoms with Gasteiger partial charge in [-0.2, -0.15) is 0 Å². The number of anilines is 2. The molecule has 8 heteroatoms. The maximum atomic E-state index is 12.9. The van der Waals surface area contributed by atoms with Gasteiger partial charge in [-0.3, -0.25) is 14.8 Å². The van der Waals surface area contributed by atoms with Crippen LogP contribution in [0.1, 0.15) is 21.5 Å². The van der Waals surface area contributed by atoms with E-state index in [9.17, 15) is 13.2 Å². The van der Waals surface area contributed by atoms with Crippen LogP contribution in [0, 0.1) is 13.8 Å². The van der Waals surface area contributed by atoms with Gasteiger partial charge in [-0.15, -0.1) is 0 Å². The van der Waals surface area contributed by atoms with Crippen LogP contribution in [0.5, 0.6) is 0 Å². The van der Waals surface area contributed by atoms with Crippen LogP contribution in [0.2, 0.25) is 0 Å². The number of nitrogens with zero attached hydrogens (tertiary/aromatic N) is 1. The van der Waals surface area contributed by atoms with Gasteiger partial charge in [0.1, 0.15) is 0 Å². The van der Waals surface area contributed by atoms with E-state index in [1.54, 1.807) is 42.5 Å². The van der Waals surface area contributed by atoms with E-state index >= 15 is 0 Å². The number of nitrogens with one attached hydrogen (secondary N) is 2. The number of para-hydroxylation sites is 1. The van der Waals surface area contributed by atoms with Crippen LogP contribution in [-0.4, -0.2) is 19.3 Å². The van der Waals surface area contributed by atoms with E-state index in [0.717, 1.165) is 21.3 Å². The summed E-state index contributed by atoms with van der Waals surface area (Å²) in [6, 6.07) is 18.5. The third kappa shape index (κ3) is 4.05. The molecule has 0 aliphatic heterocycles. The molecule has 1 amide bonds. The molecule has 2 N–H and O–H groups in total. The summed E-state index contributed by atoms with van der Waals surface area (Å²) < 4.78 is 28.8. The molecule has 0 aliphatic carbocycles. The second-order valence-corrected chi connectivity index (χ2v) is 9.55. The summed E-state index contributed by atoms with van der Waals surface area (Å²) in [5.74, 6) is -0.436. The monoisotopic (exact) mass is 437 g/mol. The lowest BCUT2D eigenvalue weighted by Gasteiger charge is -2.12. The molecule has 3 aromatic carbocycles. The fourth-order valence-corrected chi connectivity index (χ4v) is 5.01. The Morgan fingerprint density at radius 1 is 0.933 bits per heavy atom. The van der Waals surface area contributed by atoms with Gasteiger partial charge in [0.25, 0.3) is 15.9 Å². The molecule has 0 bridgehead atoms. The zero-order chi connectivity index (χ0) is 21.3. The van der Waals surface area contributed by atoms with Crippen molar-refractivity contribution >= 4 is 48.3 Å². The number of fused-ring (bicyclic) bond motifs is 1. The first-order valence-electron chi connectivity index (χ1n) is 9.19. The lowest BCUT2D eigenvalue weighted by Crippen LogP contribution is -2.18. The fourth-order valence-electron chi connectivity index (χ4n) is 2.97. The van der Waals surface area contributed by atoms with Gasteiger partial charge in [0.2, 0.25) is 0 Å². The third-order valence-electron chi connectivity index (χ3n) is 4.69. The molecule has 1 heterocycles. The van der Waals surface area contributed by atoms with Gasteiger partial charge in [0.05, 0.1) is 26.4 Å². The molecular formula is C22H19N3O3S2. The maximum absolute atomic E-state index is 12.9. The molecule has 0 saturated heterocycles. The third-order valence-corrected chi connectivity index (χ3v) is 7.01. The van der Waals surface area contributed by atoms with Gasteiger partial charge in [-0.25, -0.2) is 13.4 Å². The summed E-state index contributed by atoms with van der Waals surface area (Å²) in [6.45, 7) is 4.04. The van der Waals surface area contributed by atoms with Crippen LogP contribution >= 0.6 is 11.3 Å². The molecule has 1 aromatic heterocycles. The van der Waals surface area contributed by atoms with E-state index in [4.69, 9.17) is 0 Å². The number of amides is 1. The number of thiazole rings is 1. The number of carbonyl (C=O) groups is 1. The summed E-state index contributed by atoms with van der Waals surface area (Å²) in [6.07, 6.45) is 0. The van der Waals surface area contributed by atoms with Crippen molar-refractivity contribution in [2.75, 3.05) is 10.0 Å². The predicted molar refractivity (Wildman–Crippen MR) is 121 cm³/mol. The molecule has 0 saturated carbocycles. The minimum Gasteiger partial charge on any atom is -0.298 e. The predicted octanol–water partition coefficient (Wildman–Crippen LogP) is 4.97. The summed E-state index contributed by atoms with van der Waals surface area (Å²) in [7, 11) is -3.82. The molecule has 0 radical (unpaired) electrons. The SMILES string of the molecule is Cc1cc2nc(NC(=O)c3ccccc3NS(=O)(=O)c3ccccc3)sc2cc1C. The molecule has 0 spiro atoms. The van der Waals surface area contributed by atoms with Crippen molar-refractivity contribution in [2.45, 2.75) is 18.7 Å². The van der Waals surface area contributed by atoms with Crippen LogP contribution in [0.25, 0.3) is 10.2 Å². The van der Waals surface area contributed by atoms with Gasteiger partial charge in [-0.1, -0.05) is 41.7 Å². The summed E-state index contributed by atoms with van der Waals surface area (Å²) in [5.41, 5.74) is 3.52. The normalized spacial score (nSPS) is 11.4. The summed E-state index contributed by atoms with van der Waals surface area (Å²) >= 11 is 1.38. The molecular weight excluding hydrogens is 418 g/mol. The van der Waals surface area contributed by atoms with Gasteiger partial charge >= 0.3 is 0 Å². The topological polar surface area (TPSA) is 88.2 Å². The van der Waals surface area contributed by atoms with Crippen molar-refractivity contribution in [3.05, 3.63) is 83.4 Å². The van der Waals surface area contributed by atoms with Crippen LogP contribution in [-0.2, 0) is 10.0 Å². The second kappa shape index (κ2) is 7.89.